The molecule has 15 heavy (non-hydrogen) atoms. The van der Waals surface area contributed by atoms with Crippen LogP contribution in [-0.4, -0.2) is 16.9 Å². The van der Waals surface area contributed by atoms with Crippen molar-refractivity contribution in [2.75, 3.05) is 6.54 Å². The van der Waals surface area contributed by atoms with Crippen LogP contribution in [0.25, 0.3) is 0 Å². The standard InChI is InChI=1S/C11H19ClN2S/c1-11(2,3)6-9(12)7-13-8-10-14-4-5-15-10/h4-5,9,13H,6-8H2,1-3H3. The molecule has 1 atom stereocenters. The van der Waals surface area contributed by atoms with E-state index in [1.165, 1.54) is 0 Å². The van der Waals surface area contributed by atoms with Gasteiger partial charge in [-0.3, -0.25) is 0 Å². The van der Waals surface area contributed by atoms with Crippen LogP contribution < -0.4 is 5.32 Å². The molecule has 0 fully saturated rings. The third-order valence-corrected chi connectivity index (χ3v) is 3.05. The highest BCUT2D eigenvalue weighted by molar-refractivity contribution is 7.09. The maximum atomic E-state index is 6.23. The van der Waals surface area contributed by atoms with E-state index in [0.717, 1.165) is 24.5 Å². The first-order valence-corrected chi connectivity index (χ1v) is 6.52. The van der Waals surface area contributed by atoms with E-state index in [2.05, 4.69) is 31.1 Å². The molecule has 0 radical (unpaired) electrons. The average Bonchev–Trinajstić information content (AvgIpc) is 2.53. The Morgan fingerprint density at radius 1 is 1.53 bits per heavy atom. The highest BCUT2D eigenvalue weighted by Gasteiger charge is 2.16. The van der Waals surface area contributed by atoms with E-state index in [1.807, 2.05) is 11.6 Å². The van der Waals surface area contributed by atoms with Gasteiger partial charge in [-0.2, -0.15) is 0 Å². The second-order valence-electron chi connectivity index (χ2n) is 4.92. The number of nitrogens with zero attached hydrogens (tertiary/aromatic N) is 1. The molecule has 1 N–H and O–H groups in total. The molecule has 0 aliphatic heterocycles. The van der Waals surface area contributed by atoms with Crippen molar-refractivity contribution < 1.29 is 0 Å². The zero-order chi connectivity index (χ0) is 11.3. The highest BCUT2D eigenvalue weighted by Crippen LogP contribution is 2.23. The van der Waals surface area contributed by atoms with Crippen LogP contribution >= 0.6 is 22.9 Å². The molecule has 1 aromatic rings. The Kier molecular flexibility index (Phi) is 5.03. The molecule has 0 aromatic carbocycles. The zero-order valence-corrected chi connectivity index (χ0v) is 11.2. The molecule has 0 saturated carbocycles. The van der Waals surface area contributed by atoms with Crippen molar-refractivity contribution in [2.24, 2.45) is 5.41 Å². The fourth-order valence-corrected chi connectivity index (χ4v) is 2.57. The molecule has 0 aliphatic rings. The van der Waals surface area contributed by atoms with Gasteiger partial charge < -0.3 is 5.32 Å². The summed E-state index contributed by atoms with van der Waals surface area (Å²) >= 11 is 7.90. The van der Waals surface area contributed by atoms with Crippen molar-refractivity contribution >= 4 is 22.9 Å². The Morgan fingerprint density at radius 2 is 2.27 bits per heavy atom. The maximum Gasteiger partial charge on any atom is 0.106 e. The van der Waals surface area contributed by atoms with E-state index in [0.29, 0.717) is 5.41 Å². The summed E-state index contributed by atoms with van der Waals surface area (Å²) in [5.41, 5.74) is 0.301. The Balaban J connectivity index is 2.15. The fourth-order valence-electron chi connectivity index (χ4n) is 1.41. The lowest BCUT2D eigenvalue weighted by Gasteiger charge is -2.21. The van der Waals surface area contributed by atoms with Gasteiger partial charge in [0.05, 0.1) is 0 Å². The summed E-state index contributed by atoms with van der Waals surface area (Å²) in [5.74, 6) is 0. The van der Waals surface area contributed by atoms with Gasteiger partial charge in [0.1, 0.15) is 5.01 Å². The number of rotatable bonds is 5. The number of hydrogen-bond donors (Lipinski definition) is 1. The summed E-state index contributed by atoms with van der Waals surface area (Å²) in [7, 11) is 0. The van der Waals surface area contributed by atoms with Crippen LogP contribution in [0.1, 0.15) is 32.2 Å². The molecule has 1 aromatic heterocycles. The van der Waals surface area contributed by atoms with Crippen LogP contribution in [0.4, 0.5) is 0 Å². The number of alkyl halides is 1. The Hall–Kier alpha value is -0.120. The van der Waals surface area contributed by atoms with E-state index in [4.69, 9.17) is 11.6 Å². The minimum Gasteiger partial charge on any atom is -0.309 e. The molecule has 1 heterocycles. The Bertz CT molecular complexity index is 267. The van der Waals surface area contributed by atoms with Gasteiger partial charge in [0.2, 0.25) is 0 Å². The van der Waals surface area contributed by atoms with Crippen LogP contribution in [0, 0.1) is 5.41 Å². The molecule has 1 unspecified atom stereocenters. The predicted octanol–water partition coefficient (Wildman–Crippen LogP) is 3.28. The summed E-state index contributed by atoms with van der Waals surface area (Å²) in [6.07, 6.45) is 2.86. The van der Waals surface area contributed by atoms with Crippen LogP contribution in [-0.2, 0) is 6.54 Å². The second kappa shape index (κ2) is 5.83. The second-order valence-corrected chi connectivity index (χ2v) is 6.52. The minimum atomic E-state index is 0.199. The van der Waals surface area contributed by atoms with Gasteiger partial charge in [0.25, 0.3) is 0 Å². The van der Waals surface area contributed by atoms with Crippen LogP contribution in [0.3, 0.4) is 0 Å². The van der Waals surface area contributed by atoms with Crippen molar-refractivity contribution in [3.05, 3.63) is 16.6 Å². The third-order valence-electron chi connectivity index (χ3n) is 1.96. The summed E-state index contributed by atoms with van der Waals surface area (Å²) < 4.78 is 0. The smallest absolute Gasteiger partial charge is 0.106 e. The van der Waals surface area contributed by atoms with E-state index < -0.39 is 0 Å². The zero-order valence-electron chi connectivity index (χ0n) is 9.59. The lowest BCUT2D eigenvalue weighted by molar-refractivity contribution is 0.364. The summed E-state index contributed by atoms with van der Waals surface area (Å²) in [6, 6.07) is 0. The van der Waals surface area contributed by atoms with Gasteiger partial charge in [-0.05, 0) is 11.8 Å². The molecular weight excluding hydrogens is 228 g/mol. The monoisotopic (exact) mass is 246 g/mol. The molecule has 2 nitrogen and oxygen atoms in total. The van der Waals surface area contributed by atoms with Gasteiger partial charge in [0.15, 0.2) is 0 Å². The van der Waals surface area contributed by atoms with E-state index >= 15 is 0 Å². The molecule has 4 heteroatoms. The molecule has 0 bridgehead atoms. The fraction of sp³-hybridized carbons (Fsp3) is 0.727. The van der Waals surface area contributed by atoms with Gasteiger partial charge >= 0.3 is 0 Å². The number of hydrogen-bond acceptors (Lipinski definition) is 3. The normalized spacial score (nSPS) is 14.1. The number of nitrogens with one attached hydrogen (secondary N) is 1. The van der Waals surface area contributed by atoms with E-state index in [1.54, 1.807) is 11.3 Å². The Labute approximate surface area is 101 Å². The van der Waals surface area contributed by atoms with Crippen LogP contribution in [0.2, 0.25) is 0 Å². The van der Waals surface area contributed by atoms with Crippen molar-refractivity contribution in [1.82, 2.24) is 10.3 Å². The minimum absolute atomic E-state index is 0.199. The molecular formula is C11H19ClN2S. The van der Waals surface area contributed by atoms with Crippen molar-refractivity contribution in [3.63, 3.8) is 0 Å². The van der Waals surface area contributed by atoms with Gasteiger partial charge in [0, 0.05) is 30.0 Å². The highest BCUT2D eigenvalue weighted by atomic mass is 35.5. The lowest BCUT2D eigenvalue weighted by Crippen LogP contribution is -2.26. The molecule has 0 aliphatic carbocycles. The topological polar surface area (TPSA) is 24.9 Å². The average molecular weight is 247 g/mol. The largest absolute Gasteiger partial charge is 0.309 e. The number of aromatic nitrogens is 1. The summed E-state index contributed by atoms with van der Waals surface area (Å²) in [5, 5.41) is 6.64. The van der Waals surface area contributed by atoms with Crippen molar-refractivity contribution in [1.29, 1.82) is 0 Å². The first-order valence-electron chi connectivity index (χ1n) is 5.20. The van der Waals surface area contributed by atoms with E-state index in [-0.39, 0.29) is 5.38 Å². The van der Waals surface area contributed by atoms with Crippen LogP contribution in [0.5, 0.6) is 0 Å². The van der Waals surface area contributed by atoms with Gasteiger partial charge in [-0.1, -0.05) is 20.8 Å². The number of thiazole rings is 1. The molecule has 0 spiro atoms. The predicted molar refractivity (Wildman–Crippen MR) is 67.5 cm³/mol. The van der Waals surface area contributed by atoms with Gasteiger partial charge in [-0.25, -0.2) is 4.98 Å². The lowest BCUT2D eigenvalue weighted by atomic mass is 9.90. The quantitative estimate of drug-likeness (QED) is 0.807. The molecule has 1 rings (SSSR count). The first kappa shape index (κ1) is 12.9. The SMILES string of the molecule is CC(C)(C)CC(Cl)CNCc1nccs1. The van der Waals surface area contributed by atoms with Gasteiger partial charge in [-0.15, -0.1) is 22.9 Å². The first-order chi connectivity index (χ1) is 6.97. The third kappa shape index (κ3) is 6.13. The van der Waals surface area contributed by atoms with Crippen LogP contribution in [0.15, 0.2) is 11.6 Å². The summed E-state index contributed by atoms with van der Waals surface area (Å²) in [6.45, 7) is 8.30. The molecule has 0 saturated heterocycles. The Morgan fingerprint density at radius 3 is 2.80 bits per heavy atom. The van der Waals surface area contributed by atoms with E-state index in [9.17, 15) is 0 Å². The molecule has 0 amide bonds. The van der Waals surface area contributed by atoms with Crippen molar-refractivity contribution in [2.45, 2.75) is 39.1 Å². The van der Waals surface area contributed by atoms with Crippen molar-refractivity contribution in [3.8, 4) is 0 Å². The number of halogens is 1. The molecule has 86 valence electrons. The summed E-state index contributed by atoms with van der Waals surface area (Å²) in [4.78, 5) is 4.20. The maximum absolute atomic E-state index is 6.23.